The second kappa shape index (κ2) is 7.71. The molecule has 1 saturated heterocycles. The van der Waals surface area contributed by atoms with Crippen LogP contribution >= 0.6 is 11.6 Å². The molecule has 138 valence electrons. The van der Waals surface area contributed by atoms with Crippen LogP contribution in [-0.2, 0) is 4.74 Å². The number of ether oxygens (including phenoxy) is 1. The van der Waals surface area contributed by atoms with Gasteiger partial charge in [0.25, 0.3) is 0 Å². The fraction of sp³-hybridized carbons (Fsp3) is 0.0909. The maximum Gasteiger partial charge on any atom is 0.408 e. The molecule has 0 spiro atoms. The summed E-state index contributed by atoms with van der Waals surface area (Å²) in [5.41, 5.74) is 2.66. The molecule has 2 aromatic carbocycles. The minimum atomic E-state index is -0.656. The van der Waals surface area contributed by atoms with Crippen LogP contribution in [0.4, 0.5) is 9.18 Å². The smallest absolute Gasteiger partial charge is 0.408 e. The molecule has 1 amide bonds. The van der Waals surface area contributed by atoms with Gasteiger partial charge in [-0.05, 0) is 41.5 Å². The Morgan fingerprint density at radius 3 is 2.71 bits per heavy atom. The lowest BCUT2D eigenvalue weighted by Gasteiger charge is -2.17. The van der Waals surface area contributed by atoms with Gasteiger partial charge >= 0.3 is 6.09 Å². The molecule has 0 bridgehead atoms. The zero-order valence-corrected chi connectivity index (χ0v) is 15.3. The summed E-state index contributed by atoms with van der Waals surface area (Å²) in [6, 6.07) is 14.6. The number of carbonyl (C=O) groups excluding carboxylic acids is 1. The average molecular weight is 393 g/mol. The SMILES string of the molecule is O=C1N[C@H](c2cncc(C#Cc3ccccc3Cl)c2)[C@@H](c2cccc(F)c2)O1. The molecule has 0 aliphatic carbocycles. The normalized spacial score (nSPS) is 18.0. The van der Waals surface area contributed by atoms with E-state index in [4.69, 9.17) is 16.3 Å². The summed E-state index contributed by atoms with van der Waals surface area (Å²) in [5, 5.41) is 3.33. The van der Waals surface area contributed by atoms with Crippen molar-refractivity contribution in [3.05, 3.63) is 100 Å². The molecule has 4 nitrogen and oxygen atoms in total. The number of nitrogens with zero attached hydrogens (tertiary/aromatic N) is 1. The Morgan fingerprint density at radius 1 is 1.04 bits per heavy atom. The first-order valence-corrected chi connectivity index (χ1v) is 8.92. The van der Waals surface area contributed by atoms with E-state index in [9.17, 15) is 9.18 Å². The minimum absolute atomic E-state index is 0.392. The van der Waals surface area contributed by atoms with Gasteiger partial charge in [0, 0.05) is 23.5 Å². The van der Waals surface area contributed by atoms with Crippen molar-refractivity contribution in [1.82, 2.24) is 10.3 Å². The van der Waals surface area contributed by atoms with Crippen molar-refractivity contribution in [2.24, 2.45) is 0 Å². The number of hydrogen-bond acceptors (Lipinski definition) is 3. The molecule has 28 heavy (non-hydrogen) atoms. The van der Waals surface area contributed by atoms with Gasteiger partial charge in [0.2, 0.25) is 0 Å². The summed E-state index contributed by atoms with van der Waals surface area (Å²) in [5.74, 6) is 5.65. The molecule has 0 saturated carbocycles. The number of halogens is 2. The van der Waals surface area contributed by atoms with Gasteiger partial charge in [-0.25, -0.2) is 9.18 Å². The molecule has 1 N–H and O–H groups in total. The summed E-state index contributed by atoms with van der Waals surface area (Å²) < 4.78 is 19.0. The molecular weight excluding hydrogens is 379 g/mol. The summed E-state index contributed by atoms with van der Waals surface area (Å²) in [6.07, 6.45) is 2.04. The number of cyclic esters (lactones) is 1. The standard InChI is InChI=1S/C22H14ClFN2O2/c23-19-7-2-1-4-15(19)9-8-14-10-17(13-25-12-14)20-21(28-22(27)26-20)16-5-3-6-18(24)11-16/h1-7,10-13,20-21H,(H,26,27)/t20-,21-/m1/s1. The fourth-order valence-electron chi connectivity index (χ4n) is 3.02. The van der Waals surface area contributed by atoms with Crippen molar-refractivity contribution in [1.29, 1.82) is 0 Å². The molecule has 1 aliphatic heterocycles. The quantitative estimate of drug-likeness (QED) is 0.637. The summed E-state index contributed by atoms with van der Waals surface area (Å²) >= 11 is 6.13. The monoisotopic (exact) mass is 392 g/mol. The number of rotatable bonds is 2. The summed E-state index contributed by atoms with van der Waals surface area (Å²) in [4.78, 5) is 16.1. The molecule has 1 aromatic heterocycles. The Morgan fingerprint density at radius 2 is 1.89 bits per heavy atom. The van der Waals surface area contributed by atoms with Crippen LogP contribution in [0, 0.1) is 17.7 Å². The van der Waals surface area contributed by atoms with Crippen LogP contribution in [0.2, 0.25) is 5.02 Å². The molecular formula is C22H14ClFN2O2. The first kappa shape index (κ1) is 18.0. The Kier molecular flexibility index (Phi) is 4.96. The van der Waals surface area contributed by atoms with E-state index in [1.54, 1.807) is 30.6 Å². The third-order valence-electron chi connectivity index (χ3n) is 4.32. The second-order valence-corrected chi connectivity index (χ2v) is 6.65. The molecule has 6 heteroatoms. The first-order valence-electron chi connectivity index (χ1n) is 8.54. The Hall–Kier alpha value is -3.36. The van der Waals surface area contributed by atoms with Crippen molar-refractivity contribution in [2.75, 3.05) is 0 Å². The number of hydrogen-bond donors (Lipinski definition) is 1. The number of amides is 1. The van der Waals surface area contributed by atoms with Crippen molar-refractivity contribution in [3.8, 4) is 11.8 Å². The molecule has 2 heterocycles. The predicted octanol–water partition coefficient (Wildman–Crippen LogP) is 4.80. The topological polar surface area (TPSA) is 51.2 Å². The van der Waals surface area contributed by atoms with Crippen LogP contribution in [0.15, 0.2) is 67.0 Å². The van der Waals surface area contributed by atoms with Crippen LogP contribution < -0.4 is 5.32 Å². The van der Waals surface area contributed by atoms with Gasteiger partial charge in [0.05, 0.1) is 5.02 Å². The highest BCUT2D eigenvalue weighted by Crippen LogP contribution is 2.36. The lowest BCUT2D eigenvalue weighted by molar-refractivity contribution is 0.132. The van der Waals surface area contributed by atoms with Crippen molar-refractivity contribution in [3.63, 3.8) is 0 Å². The molecule has 2 atom stereocenters. The fourth-order valence-corrected chi connectivity index (χ4v) is 3.20. The minimum Gasteiger partial charge on any atom is -0.439 e. The molecule has 0 radical (unpaired) electrons. The number of pyridine rings is 1. The maximum atomic E-state index is 13.6. The summed E-state index contributed by atoms with van der Waals surface area (Å²) in [6.45, 7) is 0. The zero-order chi connectivity index (χ0) is 19.5. The lowest BCUT2D eigenvalue weighted by Crippen LogP contribution is -2.19. The number of benzene rings is 2. The average Bonchev–Trinajstić information content (AvgIpc) is 3.09. The van der Waals surface area contributed by atoms with Crippen LogP contribution in [0.1, 0.15) is 34.4 Å². The molecule has 1 aliphatic rings. The van der Waals surface area contributed by atoms with Crippen LogP contribution in [-0.4, -0.2) is 11.1 Å². The molecule has 3 aromatic rings. The van der Waals surface area contributed by atoms with Gasteiger partial charge in [-0.1, -0.05) is 47.7 Å². The number of nitrogens with one attached hydrogen (secondary N) is 1. The zero-order valence-electron chi connectivity index (χ0n) is 14.5. The van der Waals surface area contributed by atoms with Crippen LogP contribution in [0.3, 0.4) is 0 Å². The van der Waals surface area contributed by atoms with Gasteiger partial charge in [-0.15, -0.1) is 0 Å². The molecule has 4 rings (SSSR count). The molecule has 1 fully saturated rings. The van der Waals surface area contributed by atoms with Crippen molar-refractivity contribution < 1.29 is 13.9 Å². The van der Waals surface area contributed by atoms with Gasteiger partial charge in [-0.2, -0.15) is 0 Å². The second-order valence-electron chi connectivity index (χ2n) is 6.24. The number of carbonyl (C=O) groups is 1. The molecule has 0 unspecified atom stereocenters. The third-order valence-corrected chi connectivity index (χ3v) is 4.65. The predicted molar refractivity (Wildman–Crippen MR) is 103 cm³/mol. The lowest BCUT2D eigenvalue weighted by atomic mass is 9.97. The first-order chi connectivity index (χ1) is 13.6. The Balaban J connectivity index is 1.65. The number of alkyl carbamates (subject to hydrolysis) is 1. The largest absolute Gasteiger partial charge is 0.439 e. The van der Waals surface area contributed by atoms with E-state index < -0.39 is 24.1 Å². The third kappa shape index (κ3) is 3.83. The summed E-state index contributed by atoms with van der Waals surface area (Å²) in [7, 11) is 0. The highest BCUT2D eigenvalue weighted by Gasteiger charge is 2.36. The maximum absolute atomic E-state index is 13.6. The van der Waals surface area contributed by atoms with Gasteiger partial charge in [-0.3, -0.25) is 4.98 Å². The highest BCUT2D eigenvalue weighted by atomic mass is 35.5. The van der Waals surface area contributed by atoms with E-state index >= 15 is 0 Å². The van der Waals surface area contributed by atoms with E-state index in [2.05, 4.69) is 22.1 Å². The Bertz CT molecular complexity index is 1110. The van der Waals surface area contributed by atoms with E-state index in [0.29, 0.717) is 27.3 Å². The van der Waals surface area contributed by atoms with Crippen molar-refractivity contribution >= 4 is 17.7 Å². The highest BCUT2D eigenvalue weighted by molar-refractivity contribution is 6.31. The van der Waals surface area contributed by atoms with E-state index in [0.717, 1.165) is 0 Å². The van der Waals surface area contributed by atoms with E-state index in [1.165, 1.54) is 12.1 Å². The van der Waals surface area contributed by atoms with Crippen LogP contribution in [0.25, 0.3) is 0 Å². The van der Waals surface area contributed by atoms with Crippen LogP contribution in [0.5, 0.6) is 0 Å². The number of aromatic nitrogens is 1. The Labute approximate surface area is 166 Å². The van der Waals surface area contributed by atoms with Gasteiger partial charge in [0.1, 0.15) is 11.9 Å². The van der Waals surface area contributed by atoms with Gasteiger partial charge in [0.15, 0.2) is 6.10 Å². The van der Waals surface area contributed by atoms with E-state index in [1.807, 2.05) is 24.3 Å². The van der Waals surface area contributed by atoms with E-state index in [-0.39, 0.29) is 0 Å². The van der Waals surface area contributed by atoms with Crippen molar-refractivity contribution in [2.45, 2.75) is 12.1 Å². The van der Waals surface area contributed by atoms with Gasteiger partial charge < -0.3 is 10.1 Å².